The van der Waals surface area contributed by atoms with E-state index in [1.165, 1.54) is 23.3 Å². The van der Waals surface area contributed by atoms with E-state index in [0.717, 1.165) is 29.3 Å². The lowest BCUT2D eigenvalue weighted by Gasteiger charge is -2.41. The molecule has 0 aliphatic heterocycles. The molecular formula is C16H20N2OS. The summed E-state index contributed by atoms with van der Waals surface area (Å²) in [7, 11) is 0. The van der Waals surface area contributed by atoms with Crippen molar-refractivity contribution in [3.05, 3.63) is 28.6 Å². The molecule has 1 aromatic heterocycles. The van der Waals surface area contributed by atoms with Crippen LogP contribution >= 0.6 is 11.3 Å². The first-order valence-corrected chi connectivity index (χ1v) is 7.97. The molecule has 1 saturated carbocycles. The third-order valence-corrected chi connectivity index (χ3v) is 5.62. The molecule has 2 aromatic rings. The molecule has 20 heavy (non-hydrogen) atoms. The maximum Gasteiger partial charge on any atom is 0.263 e. The largest absolute Gasteiger partial charge is 0.397 e. The Bertz CT molecular complexity index is 665. The zero-order valence-corrected chi connectivity index (χ0v) is 12.8. The number of thiophene rings is 1. The Balaban J connectivity index is 1.93. The summed E-state index contributed by atoms with van der Waals surface area (Å²) in [5.74, 6) is -0.0112. The van der Waals surface area contributed by atoms with Gasteiger partial charge in [0.2, 0.25) is 0 Å². The summed E-state index contributed by atoms with van der Waals surface area (Å²) in [6, 6.07) is 6.13. The van der Waals surface area contributed by atoms with Crippen LogP contribution in [0.5, 0.6) is 0 Å². The van der Waals surface area contributed by atoms with Gasteiger partial charge in [-0.15, -0.1) is 11.3 Å². The Morgan fingerprint density at radius 1 is 1.45 bits per heavy atom. The number of rotatable bonds is 3. The Hall–Kier alpha value is -1.55. The van der Waals surface area contributed by atoms with Crippen molar-refractivity contribution in [2.45, 2.75) is 45.1 Å². The van der Waals surface area contributed by atoms with Crippen LogP contribution in [0.3, 0.4) is 0 Å². The second-order valence-corrected chi connectivity index (χ2v) is 6.84. The first-order valence-electron chi connectivity index (χ1n) is 7.16. The number of carbonyl (C=O) groups excluding carboxylic acids is 1. The van der Waals surface area contributed by atoms with Crippen molar-refractivity contribution in [1.82, 2.24) is 5.32 Å². The van der Waals surface area contributed by atoms with Crippen LogP contribution in [0, 0.1) is 6.92 Å². The molecule has 1 aromatic carbocycles. The zero-order valence-electron chi connectivity index (χ0n) is 12.0. The summed E-state index contributed by atoms with van der Waals surface area (Å²) in [5, 5.41) is 4.19. The fraction of sp³-hybridized carbons (Fsp3) is 0.438. The van der Waals surface area contributed by atoms with E-state index in [4.69, 9.17) is 5.73 Å². The quantitative estimate of drug-likeness (QED) is 0.901. The SMILES string of the molecule is CCC1(NC(=O)c2sc3cc(C)ccc3c2N)CCC1. The van der Waals surface area contributed by atoms with Crippen LogP contribution in [0.15, 0.2) is 18.2 Å². The molecule has 1 aliphatic rings. The number of nitrogen functional groups attached to an aromatic ring is 1. The van der Waals surface area contributed by atoms with E-state index in [9.17, 15) is 4.79 Å². The molecule has 3 rings (SSSR count). The average Bonchev–Trinajstić information content (AvgIpc) is 2.70. The summed E-state index contributed by atoms with van der Waals surface area (Å²) in [6.07, 6.45) is 4.36. The van der Waals surface area contributed by atoms with Crippen LogP contribution < -0.4 is 11.1 Å². The van der Waals surface area contributed by atoms with E-state index in [2.05, 4.69) is 25.2 Å². The molecule has 1 heterocycles. The molecule has 0 atom stereocenters. The van der Waals surface area contributed by atoms with Crippen molar-refractivity contribution < 1.29 is 4.79 Å². The van der Waals surface area contributed by atoms with Crippen molar-refractivity contribution in [1.29, 1.82) is 0 Å². The van der Waals surface area contributed by atoms with E-state index >= 15 is 0 Å². The fourth-order valence-corrected chi connectivity index (χ4v) is 3.98. The number of hydrogen-bond acceptors (Lipinski definition) is 3. The molecule has 3 nitrogen and oxygen atoms in total. The van der Waals surface area contributed by atoms with Gasteiger partial charge in [-0.2, -0.15) is 0 Å². The zero-order chi connectivity index (χ0) is 14.3. The van der Waals surface area contributed by atoms with Gasteiger partial charge in [0.15, 0.2) is 0 Å². The molecule has 1 amide bonds. The molecule has 0 bridgehead atoms. The van der Waals surface area contributed by atoms with Crippen LogP contribution in [0.1, 0.15) is 47.8 Å². The third kappa shape index (κ3) is 2.08. The minimum absolute atomic E-state index is 0.00954. The Labute approximate surface area is 123 Å². The van der Waals surface area contributed by atoms with E-state index < -0.39 is 0 Å². The standard InChI is InChI=1S/C16H20N2OS/c1-3-16(7-4-8-16)18-15(19)14-13(17)11-6-5-10(2)9-12(11)20-14/h5-6,9H,3-4,7-8,17H2,1-2H3,(H,18,19). The molecule has 1 fully saturated rings. The van der Waals surface area contributed by atoms with Gasteiger partial charge in [-0.25, -0.2) is 0 Å². The number of aryl methyl sites for hydroxylation is 1. The van der Waals surface area contributed by atoms with Crippen LogP contribution in [0.2, 0.25) is 0 Å². The van der Waals surface area contributed by atoms with Gasteiger partial charge in [-0.1, -0.05) is 19.1 Å². The summed E-state index contributed by atoms with van der Waals surface area (Å²) in [4.78, 5) is 13.2. The maximum atomic E-state index is 12.5. The fourth-order valence-electron chi connectivity index (χ4n) is 2.86. The summed E-state index contributed by atoms with van der Waals surface area (Å²) in [6.45, 7) is 4.19. The molecule has 3 N–H and O–H groups in total. The highest BCUT2D eigenvalue weighted by Crippen LogP contribution is 2.37. The highest BCUT2D eigenvalue weighted by atomic mass is 32.1. The van der Waals surface area contributed by atoms with Crippen LogP contribution in [-0.2, 0) is 0 Å². The minimum Gasteiger partial charge on any atom is -0.397 e. The second-order valence-electron chi connectivity index (χ2n) is 5.79. The highest BCUT2D eigenvalue weighted by Gasteiger charge is 2.37. The number of nitrogens with one attached hydrogen (secondary N) is 1. The highest BCUT2D eigenvalue weighted by molar-refractivity contribution is 7.21. The number of anilines is 1. The molecule has 1 aliphatic carbocycles. The van der Waals surface area contributed by atoms with Gasteiger partial charge in [0.25, 0.3) is 5.91 Å². The second kappa shape index (κ2) is 4.77. The van der Waals surface area contributed by atoms with Crippen LogP contribution in [-0.4, -0.2) is 11.4 Å². The number of hydrogen-bond donors (Lipinski definition) is 2. The van der Waals surface area contributed by atoms with Gasteiger partial charge in [0.05, 0.1) is 5.69 Å². The van der Waals surface area contributed by atoms with Gasteiger partial charge >= 0.3 is 0 Å². The van der Waals surface area contributed by atoms with Gasteiger partial charge < -0.3 is 11.1 Å². The number of fused-ring (bicyclic) bond motifs is 1. The smallest absolute Gasteiger partial charge is 0.263 e. The van der Waals surface area contributed by atoms with Gasteiger partial charge in [-0.05, 0) is 44.2 Å². The molecule has 106 valence electrons. The lowest BCUT2D eigenvalue weighted by atomic mass is 9.75. The van der Waals surface area contributed by atoms with Crippen molar-refractivity contribution >= 4 is 33.0 Å². The van der Waals surface area contributed by atoms with E-state index in [1.54, 1.807) is 0 Å². The lowest BCUT2D eigenvalue weighted by molar-refractivity contribution is 0.0825. The molecule has 0 unspecified atom stereocenters. The van der Waals surface area contributed by atoms with Crippen molar-refractivity contribution in [3.8, 4) is 0 Å². The van der Waals surface area contributed by atoms with Gasteiger partial charge in [-0.3, -0.25) is 4.79 Å². The number of benzene rings is 1. The minimum atomic E-state index is -0.0112. The topological polar surface area (TPSA) is 55.1 Å². The molecule has 0 saturated heterocycles. The third-order valence-electron chi connectivity index (χ3n) is 4.46. The molecule has 4 heteroatoms. The maximum absolute atomic E-state index is 12.5. The van der Waals surface area contributed by atoms with Gasteiger partial charge in [0.1, 0.15) is 4.88 Å². The number of nitrogens with two attached hydrogens (primary N) is 1. The number of carbonyl (C=O) groups is 1. The van der Waals surface area contributed by atoms with Crippen LogP contribution in [0.25, 0.3) is 10.1 Å². The van der Waals surface area contributed by atoms with Gasteiger partial charge in [0, 0.05) is 15.6 Å². The predicted molar refractivity (Wildman–Crippen MR) is 85.3 cm³/mol. The Morgan fingerprint density at radius 2 is 2.20 bits per heavy atom. The Kier molecular flexibility index (Phi) is 3.21. The first-order chi connectivity index (χ1) is 9.54. The monoisotopic (exact) mass is 288 g/mol. The van der Waals surface area contributed by atoms with Crippen molar-refractivity contribution in [2.75, 3.05) is 5.73 Å². The predicted octanol–water partition coefficient (Wildman–Crippen LogP) is 3.85. The lowest BCUT2D eigenvalue weighted by Crippen LogP contribution is -2.52. The van der Waals surface area contributed by atoms with Crippen molar-refractivity contribution in [2.24, 2.45) is 0 Å². The first kappa shape index (κ1) is 13.4. The van der Waals surface area contributed by atoms with E-state index in [0.29, 0.717) is 10.6 Å². The van der Waals surface area contributed by atoms with Crippen molar-refractivity contribution in [3.63, 3.8) is 0 Å². The number of amides is 1. The van der Waals surface area contributed by atoms with E-state index in [-0.39, 0.29) is 11.4 Å². The molecule has 0 radical (unpaired) electrons. The Morgan fingerprint density at radius 3 is 2.80 bits per heavy atom. The summed E-state index contributed by atoms with van der Waals surface area (Å²) < 4.78 is 1.09. The molecule has 0 spiro atoms. The summed E-state index contributed by atoms with van der Waals surface area (Å²) >= 11 is 1.49. The molecular weight excluding hydrogens is 268 g/mol. The average molecular weight is 288 g/mol. The normalized spacial score (nSPS) is 16.9. The van der Waals surface area contributed by atoms with E-state index in [1.807, 2.05) is 12.1 Å². The summed E-state index contributed by atoms with van der Waals surface area (Å²) in [5.41, 5.74) is 7.98. The van der Waals surface area contributed by atoms with Crippen LogP contribution in [0.4, 0.5) is 5.69 Å².